The minimum Gasteiger partial charge on any atom is -0.497 e. The van der Waals surface area contributed by atoms with Crippen molar-refractivity contribution in [3.63, 3.8) is 0 Å². The molecule has 0 saturated heterocycles. The number of carbonyl (C=O) groups excluding carboxylic acids is 1. The number of benzene rings is 3. The van der Waals surface area contributed by atoms with Gasteiger partial charge in [0.2, 0.25) is 0 Å². The van der Waals surface area contributed by atoms with Gasteiger partial charge in [0.15, 0.2) is 12.4 Å². The Morgan fingerprint density at radius 1 is 1.09 bits per heavy atom. The molecule has 1 aromatic heterocycles. The number of hydrogen-bond donors (Lipinski definition) is 3. The number of anilines is 2. The van der Waals surface area contributed by atoms with E-state index in [0.29, 0.717) is 22.5 Å². The van der Waals surface area contributed by atoms with Gasteiger partial charge in [-0.3, -0.25) is 14.6 Å². The SMILES string of the molecule is COc1ccc(F)c(S(=O)(=O)Nc2ccc(-c3cc4c5c(n[nH]c5c3)NC(=O)CO4)cc2)c1. The molecule has 1 aliphatic heterocycles. The van der Waals surface area contributed by atoms with E-state index in [1.165, 1.54) is 13.2 Å². The molecule has 0 radical (unpaired) electrons. The molecule has 11 heteroatoms. The number of H-pyrrole nitrogens is 1. The highest BCUT2D eigenvalue weighted by Gasteiger charge is 2.22. The first-order valence-electron chi connectivity index (χ1n) is 9.75. The Bertz CT molecular complexity index is 1500. The van der Waals surface area contributed by atoms with Crippen molar-refractivity contribution in [3.8, 4) is 22.6 Å². The van der Waals surface area contributed by atoms with Crippen LogP contribution in [0.1, 0.15) is 0 Å². The molecule has 1 aliphatic rings. The average molecular weight is 468 g/mol. The van der Waals surface area contributed by atoms with E-state index in [2.05, 4.69) is 20.2 Å². The Morgan fingerprint density at radius 2 is 1.88 bits per heavy atom. The molecule has 0 spiro atoms. The summed E-state index contributed by atoms with van der Waals surface area (Å²) in [5, 5.41) is 10.3. The smallest absolute Gasteiger partial charge is 0.264 e. The van der Waals surface area contributed by atoms with Crippen molar-refractivity contribution in [1.82, 2.24) is 10.2 Å². The molecule has 0 aliphatic carbocycles. The highest BCUT2D eigenvalue weighted by Crippen LogP contribution is 2.37. The third-order valence-corrected chi connectivity index (χ3v) is 6.54. The van der Waals surface area contributed by atoms with Gasteiger partial charge in [0.05, 0.1) is 18.0 Å². The number of halogens is 1. The van der Waals surface area contributed by atoms with E-state index in [4.69, 9.17) is 9.47 Å². The van der Waals surface area contributed by atoms with Gasteiger partial charge >= 0.3 is 0 Å². The van der Waals surface area contributed by atoms with Crippen molar-refractivity contribution in [3.05, 3.63) is 60.4 Å². The number of carbonyl (C=O) groups is 1. The number of nitrogens with zero attached hydrogens (tertiary/aromatic N) is 1. The van der Waals surface area contributed by atoms with Crippen LogP contribution in [-0.4, -0.2) is 38.2 Å². The minimum absolute atomic E-state index is 0.129. The molecule has 2 heterocycles. The zero-order valence-corrected chi connectivity index (χ0v) is 18.0. The number of sulfonamides is 1. The van der Waals surface area contributed by atoms with Crippen LogP contribution in [0.15, 0.2) is 59.5 Å². The van der Waals surface area contributed by atoms with Gasteiger partial charge in [-0.25, -0.2) is 12.8 Å². The predicted molar refractivity (Wildman–Crippen MR) is 119 cm³/mol. The van der Waals surface area contributed by atoms with Crippen LogP contribution in [0.25, 0.3) is 22.0 Å². The van der Waals surface area contributed by atoms with Crippen molar-refractivity contribution in [2.24, 2.45) is 0 Å². The van der Waals surface area contributed by atoms with Crippen molar-refractivity contribution in [1.29, 1.82) is 0 Å². The Hall–Kier alpha value is -4.12. The molecule has 0 fully saturated rings. The van der Waals surface area contributed by atoms with E-state index in [1.807, 2.05) is 6.07 Å². The number of nitrogens with one attached hydrogen (secondary N) is 3. The van der Waals surface area contributed by atoms with E-state index in [9.17, 15) is 17.6 Å². The van der Waals surface area contributed by atoms with Gasteiger partial charge in [-0.15, -0.1) is 0 Å². The number of amides is 1. The second kappa shape index (κ2) is 7.78. The Balaban J connectivity index is 1.44. The lowest BCUT2D eigenvalue weighted by atomic mass is 10.0. The highest BCUT2D eigenvalue weighted by molar-refractivity contribution is 7.92. The van der Waals surface area contributed by atoms with Crippen molar-refractivity contribution in [2.45, 2.75) is 4.90 Å². The maximum absolute atomic E-state index is 14.1. The first kappa shape index (κ1) is 20.8. The Kier molecular flexibility index (Phi) is 4.90. The molecule has 0 saturated carbocycles. The van der Waals surface area contributed by atoms with Gasteiger partial charge in [-0.05, 0) is 47.5 Å². The zero-order chi connectivity index (χ0) is 23.2. The number of aromatic nitrogens is 2. The molecular weight excluding hydrogens is 451 g/mol. The second-order valence-corrected chi connectivity index (χ2v) is 8.94. The van der Waals surface area contributed by atoms with E-state index in [1.54, 1.807) is 30.3 Å². The molecule has 0 atom stereocenters. The second-order valence-electron chi connectivity index (χ2n) is 7.29. The van der Waals surface area contributed by atoms with Crippen LogP contribution in [0, 0.1) is 5.82 Å². The van der Waals surface area contributed by atoms with E-state index in [-0.39, 0.29) is 24.0 Å². The van der Waals surface area contributed by atoms with Gasteiger partial charge in [-0.2, -0.15) is 5.10 Å². The van der Waals surface area contributed by atoms with Crippen LogP contribution in [0.3, 0.4) is 0 Å². The Morgan fingerprint density at radius 3 is 2.64 bits per heavy atom. The zero-order valence-electron chi connectivity index (χ0n) is 17.2. The lowest BCUT2D eigenvalue weighted by Gasteiger charge is -2.11. The molecule has 3 aromatic carbocycles. The number of rotatable bonds is 5. The summed E-state index contributed by atoms with van der Waals surface area (Å²) in [5.74, 6) is -0.0508. The molecule has 3 N–H and O–H groups in total. The van der Waals surface area contributed by atoms with Crippen LogP contribution < -0.4 is 19.5 Å². The van der Waals surface area contributed by atoms with Crippen molar-refractivity contribution in [2.75, 3.05) is 23.8 Å². The molecule has 1 amide bonds. The lowest BCUT2D eigenvalue weighted by Crippen LogP contribution is -2.18. The van der Waals surface area contributed by atoms with Gasteiger partial charge in [0.25, 0.3) is 15.9 Å². The van der Waals surface area contributed by atoms with Gasteiger partial charge in [-0.1, -0.05) is 12.1 Å². The maximum atomic E-state index is 14.1. The van der Waals surface area contributed by atoms with E-state index < -0.39 is 20.7 Å². The van der Waals surface area contributed by atoms with Crippen LogP contribution in [-0.2, 0) is 14.8 Å². The highest BCUT2D eigenvalue weighted by atomic mass is 32.2. The summed E-state index contributed by atoms with van der Waals surface area (Å²) in [6.07, 6.45) is 0. The molecule has 33 heavy (non-hydrogen) atoms. The van der Waals surface area contributed by atoms with E-state index >= 15 is 0 Å². The van der Waals surface area contributed by atoms with Gasteiger partial charge in [0.1, 0.15) is 22.2 Å². The van der Waals surface area contributed by atoms with Crippen molar-refractivity contribution < 1.29 is 27.1 Å². The largest absolute Gasteiger partial charge is 0.497 e. The summed E-state index contributed by atoms with van der Waals surface area (Å²) < 4.78 is 52.5. The van der Waals surface area contributed by atoms with Crippen molar-refractivity contribution >= 4 is 38.3 Å². The normalized spacial score (nSPS) is 13.2. The van der Waals surface area contributed by atoms with Gasteiger partial charge in [0, 0.05) is 11.8 Å². The Labute approximate surface area is 187 Å². The van der Waals surface area contributed by atoms with Crippen LogP contribution in [0.5, 0.6) is 11.5 Å². The first-order valence-corrected chi connectivity index (χ1v) is 11.2. The monoisotopic (exact) mass is 468 g/mol. The average Bonchev–Trinajstić information content (AvgIpc) is 3.12. The van der Waals surface area contributed by atoms with E-state index in [0.717, 1.165) is 23.3 Å². The first-order chi connectivity index (χ1) is 15.8. The van der Waals surface area contributed by atoms with Crippen LogP contribution in [0.4, 0.5) is 15.9 Å². The molecule has 168 valence electrons. The maximum Gasteiger partial charge on any atom is 0.264 e. The molecule has 9 nitrogen and oxygen atoms in total. The van der Waals surface area contributed by atoms with Gasteiger partial charge < -0.3 is 14.8 Å². The fourth-order valence-corrected chi connectivity index (χ4v) is 4.71. The summed E-state index contributed by atoms with van der Waals surface area (Å²) in [7, 11) is -2.80. The number of methoxy groups -OCH3 is 1. The summed E-state index contributed by atoms with van der Waals surface area (Å²) in [5.41, 5.74) is 2.48. The molecule has 0 unspecified atom stereocenters. The minimum atomic E-state index is -4.17. The fourth-order valence-electron chi connectivity index (χ4n) is 3.56. The quantitative estimate of drug-likeness (QED) is 0.412. The molecular formula is C22H17FN4O5S. The van der Waals surface area contributed by atoms with Crippen LogP contribution in [0.2, 0.25) is 0 Å². The number of hydrogen-bond acceptors (Lipinski definition) is 6. The number of ether oxygens (including phenoxy) is 2. The third-order valence-electron chi connectivity index (χ3n) is 5.14. The molecule has 5 rings (SSSR count). The summed E-state index contributed by atoms with van der Waals surface area (Å²) in [4.78, 5) is 11.3. The van der Waals surface area contributed by atoms with Crippen LogP contribution >= 0.6 is 0 Å². The molecule has 4 aromatic rings. The number of aromatic amines is 1. The predicted octanol–water partition coefficient (Wildman–Crippen LogP) is 3.51. The summed E-state index contributed by atoms with van der Waals surface area (Å²) in [6.45, 7) is -0.129. The molecule has 0 bridgehead atoms. The topological polar surface area (TPSA) is 122 Å². The summed E-state index contributed by atoms with van der Waals surface area (Å²) >= 11 is 0. The lowest BCUT2D eigenvalue weighted by molar-refractivity contribution is -0.118. The fraction of sp³-hybridized carbons (Fsp3) is 0.0909. The standard InChI is InChI=1S/C22H17FN4O5S/c1-31-15-6-7-16(23)19(10-15)33(29,30)27-14-4-2-12(3-5-14)13-8-17-21-18(9-13)32-11-20(28)24-22(21)26-25-17/h2-10,27H,11H2,1H3,(H2,24,25,26,28). The summed E-state index contributed by atoms with van der Waals surface area (Å²) in [6, 6.07) is 13.7. The third kappa shape index (κ3) is 3.82.